The number of carbonyl (C=O) groups is 1. The van der Waals surface area contributed by atoms with Gasteiger partial charge < -0.3 is 14.2 Å². The third-order valence-corrected chi connectivity index (χ3v) is 4.03. The molecule has 0 atom stereocenters. The lowest BCUT2D eigenvalue weighted by Crippen LogP contribution is -2.07. The summed E-state index contributed by atoms with van der Waals surface area (Å²) in [5.41, 5.74) is 1.96. The fourth-order valence-corrected chi connectivity index (χ4v) is 2.77. The van der Waals surface area contributed by atoms with Gasteiger partial charge in [0.2, 0.25) is 0 Å². The molecule has 1 N–H and O–H groups in total. The lowest BCUT2D eigenvalue weighted by atomic mass is 10.1. The number of halogens is 1. The van der Waals surface area contributed by atoms with Gasteiger partial charge in [-0.25, -0.2) is 4.79 Å². The number of esters is 1. The number of aromatic nitrogens is 3. The van der Waals surface area contributed by atoms with E-state index in [0.717, 1.165) is 5.56 Å². The van der Waals surface area contributed by atoms with Crippen molar-refractivity contribution in [2.24, 2.45) is 0 Å². The Hall–Kier alpha value is -3.06. The van der Waals surface area contributed by atoms with Crippen molar-refractivity contribution < 1.29 is 19.0 Å². The van der Waals surface area contributed by atoms with E-state index in [-0.39, 0.29) is 12.3 Å². The van der Waals surface area contributed by atoms with Gasteiger partial charge in [-0.1, -0.05) is 41.9 Å². The first kappa shape index (κ1) is 18.7. The first-order chi connectivity index (χ1) is 13.1. The second-order valence-electron chi connectivity index (χ2n) is 5.51. The van der Waals surface area contributed by atoms with Crippen molar-refractivity contribution in [3.8, 4) is 22.8 Å². The summed E-state index contributed by atoms with van der Waals surface area (Å²) in [6, 6.07) is 13.0. The number of ether oxygens (including phenoxy) is 3. The van der Waals surface area contributed by atoms with E-state index in [0.29, 0.717) is 34.4 Å². The van der Waals surface area contributed by atoms with Crippen LogP contribution in [0.15, 0.2) is 42.5 Å². The second kappa shape index (κ2) is 8.55. The van der Waals surface area contributed by atoms with Crippen molar-refractivity contribution in [2.45, 2.75) is 13.5 Å². The Morgan fingerprint density at radius 1 is 1.19 bits per heavy atom. The summed E-state index contributed by atoms with van der Waals surface area (Å²) >= 11 is 6.41. The molecule has 0 fully saturated rings. The minimum atomic E-state index is -0.569. The molecule has 0 aliphatic rings. The molecule has 0 aliphatic heterocycles. The van der Waals surface area contributed by atoms with Crippen LogP contribution in [0.2, 0.25) is 5.02 Å². The van der Waals surface area contributed by atoms with Crippen LogP contribution in [0.5, 0.6) is 11.5 Å². The molecule has 0 saturated heterocycles. The monoisotopic (exact) mass is 387 g/mol. The van der Waals surface area contributed by atoms with Crippen LogP contribution in [-0.4, -0.2) is 35.1 Å². The lowest BCUT2D eigenvalue weighted by Gasteiger charge is -2.14. The standard InChI is InChI=1S/C19H18ClN3O4/c1-3-26-19(24)17-16(21-23-22-17)13-9-14(20)18(15(10-13)25-2)27-11-12-7-5-4-6-8-12/h4-10H,3,11H2,1-2H3,(H,21,22,23). The third-order valence-electron chi connectivity index (χ3n) is 3.75. The first-order valence-electron chi connectivity index (χ1n) is 8.26. The molecule has 0 amide bonds. The number of hydrogen-bond acceptors (Lipinski definition) is 6. The number of H-pyrrole nitrogens is 1. The van der Waals surface area contributed by atoms with Crippen LogP contribution in [0.25, 0.3) is 11.3 Å². The predicted octanol–water partition coefficient (Wildman–Crippen LogP) is 3.89. The Morgan fingerprint density at radius 2 is 1.96 bits per heavy atom. The molecule has 8 heteroatoms. The highest BCUT2D eigenvalue weighted by molar-refractivity contribution is 6.32. The number of carbonyl (C=O) groups excluding carboxylic acids is 1. The number of rotatable bonds is 7. The predicted molar refractivity (Wildman–Crippen MR) is 100 cm³/mol. The zero-order valence-corrected chi connectivity index (χ0v) is 15.6. The van der Waals surface area contributed by atoms with Crippen LogP contribution in [0.3, 0.4) is 0 Å². The van der Waals surface area contributed by atoms with E-state index in [9.17, 15) is 4.79 Å². The average Bonchev–Trinajstić information content (AvgIpc) is 3.17. The number of nitrogens with zero attached hydrogens (tertiary/aromatic N) is 2. The van der Waals surface area contributed by atoms with Gasteiger partial charge in [0, 0.05) is 5.56 Å². The first-order valence-corrected chi connectivity index (χ1v) is 8.64. The zero-order valence-electron chi connectivity index (χ0n) is 14.9. The number of benzene rings is 2. The molecule has 3 rings (SSSR count). The molecule has 27 heavy (non-hydrogen) atoms. The summed E-state index contributed by atoms with van der Waals surface area (Å²) < 4.78 is 16.3. The smallest absolute Gasteiger partial charge is 0.361 e. The number of nitrogens with one attached hydrogen (secondary N) is 1. The van der Waals surface area contributed by atoms with Crippen molar-refractivity contribution in [1.82, 2.24) is 15.4 Å². The maximum atomic E-state index is 12.0. The van der Waals surface area contributed by atoms with E-state index in [1.54, 1.807) is 19.1 Å². The van der Waals surface area contributed by atoms with Gasteiger partial charge >= 0.3 is 5.97 Å². The number of hydrogen-bond donors (Lipinski definition) is 1. The molecule has 0 unspecified atom stereocenters. The summed E-state index contributed by atoms with van der Waals surface area (Å²) in [5.74, 6) is 0.264. The maximum Gasteiger partial charge on any atom is 0.361 e. The summed E-state index contributed by atoms with van der Waals surface area (Å²) in [7, 11) is 1.51. The Bertz CT molecular complexity index is 928. The highest BCUT2D eigenvalue weighted by atomic mass is 35.5. The van der Waals surface area contributed by atoms with Crippen LogP contribution in [0.1, 0.15) is 23.0 Å². The van der Waals surface area contributed by atoms with Crippen LogP contribution < -0.4 is 9.47 Å². The Morgan fingerprint density at radius 3 is 2.67 bits per heavy atom. The molecule has 3 aromatic rings. The van der Waals surface area contributed by atoms with E-state index >= 15 is 0 Å². The molecular formula is C19H18ClN3O4. The van der Waals surface area contributed by atoms with Gasteiger partial charge in [0.1, 0.15) is 12.3 Å². The van der Waals surface area contributed by atoms with E-state index in [2.05, 4.69) is 15.4 Å². The van der Waals surface area contributed by atoms with Gasteiger partial charge in [0.25, 0.3) is 0 Å². The van der Waals surface area contributed by atoms with E-state index < -0.39 is 5.97 Å². The van der Waals surface area contributed by atoms with Gasteiger partial charge in [-0.05, 0) is 24.6 Å². The minimum Gasteiger partial charge on any atom is -0.493 e. The van der Waals surface area contributed by atoms with Gasteiger partial charge in [-0.15, -0.1) is 5.10 Å². The topological polar surface area (TPSA) is 86.3 Å². The van der Waals surface area contributed by atoms with Crippen LogP contribution in [0, 0.1) is 0 Å². The number of aromatic amines is 1. The quantitative estimate of drug-likeness (QED) is 0.619. The second-order valence-corrected chi connectivity index (χ2v) is 5.91. The highest BCUT2D eigenvalue weighted by Gasteiger charge is 2.22. The van der Waals surface area contributed by atoms with Crippen molar-refractivity contribution in [3.05, 3.63) is 58.7 Å². The summed E-state index contributed by atoms with van der Waals surface area (Å²) in [6.45, 7) is 2.30. The Kier molecular flexibility index (Phi) is 5.93. The summed E-state index contributed by atoms with van der Waals surface area (Å²) in [4.78, 5) is 12.0. The largest absolute Gasteiger partial charge is 0.493 e. The molecule has 2 aromatic carbocycles. The van der Waals surface area contributed by atoms with Crippen LogP contribution in [0.4, 0.5) is 0 Å². The van der Waals surface area contributed by atoms with Gasteiger partial charge in [0.05, 0.1) is 18.7 Å². The van der Waals surface area contributed by atoms with Crippen molar-refractivity contribution in [1.29, 1.82) is 0 Å². The number of methoxy groups -OCH3 is 1. The molecule has 0 bridgehead atoms. The van der Waals surface area contributed by atoms with E-state index in [4.69, 9.17) is 25.8 Å². The van der Waals surface area contributed by atoms with Crippen LogP contribution >= 0.6 is 11.6 Å². The average molecular weight is 388 g/mol. The molecule has 1 heterocycles. The van der Waals surface area contributed by atoms with Crippen molar-refractivity contribution >= 4 is 17.6 Å². The highest BCUT2D eigenvalue weighted by Crippen LogP contribution is 2.40. The zero-order chi connectivity index (χ0) is 19.2. The SMILES string of the molecule is CCOC(=O)c1n[nH]nc1-c1cc(Cl)c(OCc2ccccc2)c(OC)c1. The molecule has 0 aliphatic carbocycles. The lowest BCUT2D eigenvalue weighted by molar-refractivity contribution is 0.0520. The Balaban J connectivity index is 1.91. The Labute approximate surface area is 161 Å². The molecule has 140 valence electrons. The normalized spacial score (nSPS) is 10.5. The minimum absolute atomic E-state index is 0.0768. The van der Waals surface area contributed by atoms with Gasteiger partial charge in [-0.3, -0.25) is 0 Å². The molecule has 0 spiro atoms. The maximum absolute atomic E-state index is 12.0. The molecule has 1 aromatic heterocycles. The van der Waals surface area contributed by atoms with Gasteiger partial charge in [0.15, 0.2) is 17.2 Å². The van der Waals surface area contributed by atoms with Crippen molar-refractivity contribution in [2.75, 3.05) is 13.7 Å². The summed E-state index contributed by atoms with van der Waals surface area (Å²) in [6.07, 6.45) is 0. The molecule has 0 radical (unpaired) electrons. The van der Waals surface area contributed by atoms with Crippen LogP contribution in [-0.2, 0) is 11.3 Å². The summed E-state index contributed by atoms with van der Waals surface area (Å²) in [5, 5.41) is 10.7. The molecule has 7 nitrogen and oxygen atoms in total. The molecular weight excluding hydrogens is 370 g/mol. The fraction of sp³-hybridized carbons (Fsp3) is 0.211. The fourth-order valence-electron chi connectivity index (χ4n) is 2.50. The van der Waals surface area contributed by atoms with Crippen molar-refractivity contribution in [3.63, 3.8) is 0 Å². The van der Waals surface area contributed by atoms with Gasteiger partial charge in [-0.2, -0.15) is 10.3 Å². The van der Waals surface area contributed by atoms with E-state index in [1.165, 1.54) is 7.11 Å². The third kappa shape index (κ3) is 4.20. The molecule has 0 saturated carbocycles. The van der Waals surface area contributed by atoms with E-state index in [1.807, 2.05) is 30.3 Å².